The number of ether oxygens (including phenoxy) is 4. The molecule has 1 aromatic carbocycles. The first-order chi connectivity index (χ1) is 20.0. The normalized spacial score (nSPS) is 18.1. The first kappa shape index (κ1) is 36.9. The van der Waals surface area contributed by atoms with E-state index in [9.17, 15) is 24.3 Å². The second-order valence-electron chi connectivity index (χ2n) is 8.78. The fourth-order valence-electron chi connectivity index (χ4n) is 4.09. The monoisotopic (exact) mass is 614 g/mol. The first-order valence-corrected chi connectivity index (χ1v) is 12.4. The SMILES string of the molecule is C.C.COC1=C(C)C(=O)C1(O)c1ccco1.COC1=C(C)C(=O)OC1c1ccco1.COc1c(C)c(=O)c1=O.c1ccoc1. The van der Waals surface area contributed by atoms with E-state index in [2.05, 4.69) is 9.15 Å². The second kappa shape index (κ2) is 15.9. The van der Waals surface area contributed by atoms with E-state index in [1.807, 2.05) is 12.1 Å². The lowest BCUT2D eigenvalue weighted by molar-refractivity contribution is -0.142. The van der Waals surface area contributed by atoms with Gasteiger partial charge in [-0.3, -0.25) is 14.4 Å². The molecular formula is C32H38O12. The lowest BCUT2D eigenvalue weighted by Gasteiger charge is -2.35. The van der Waals surface area contributed by atoms with Crippen LogP contribution in [-0.4, -0.2) is 38.2 Å². The Hall–Kier alpha value is -5.10. The smallest absolute Gasteiger partial charge is 0.338 e. The van der Waals surface area contributed by atoms with E-state index in [0.29, 0.717) is 28.2 Å². The van der Waals surface area contributed by atoms with Crippen LogP contribution in [0.2, 0.25) is 0 Å². The predicted octanol–water partition coefficient (Wildman–Crippen LogP) is 4.92. The lowest BCUT2D eigenvalue weighted by atomic mass is 9.77. The average molecular weight is 615 g/mol. The molecule has 238 valence electrons. The van der Waals surface area contributed by atoms with Gasteiger partial charge in [-0.1, -0.05) is 14.9 Å². The van der Waals surface area contributed by atoms with Gasteiger partial charge >= 0.3 is 5.97 Å². The van der Waals surface area contributed by atoms with Crippen molar-refractivity contribution in [1.82, 2.24) is 0 Å². The summed E-state index contributed by atoms with van der Waals surface area (Å²) in [7, 11) is 4.30. The highest BCUT2D eigenvalue weighted by Crippen LogP contribution is 2.43. The van der Waals surface area contributed by atoms with Gasteiger partial charge in [-0.2, -0.15) is 0 Å². The molecule has 12 heteroatoms. The molecule has 0 radical (unpaired) electrons. The summed E-state index contributed by atoms with van der Waals surface area (Å²) in [6, 6.07) is 10.3. The van der Waals surface area contributed by atoms with Gasteiger partial charge in [-0.15, -0.1) is 0 Å². The van der Waals surface area contributed by atoms with Crippen LogP contribution in [0.4, 0.5) is 0 Å². The zero-order valence-corrected chi connectivity index (χ0v) is 23.8. The molecule has 2 unspecified atom stereocenters. The van der Waals surface area contributed by atoms with E-state index < -0.39 is 22.6 Å². The number of carbonyl (C=O) groups excluding carboxylic acids is 2. The highest BCUT2D eigenvalue weighted by molar-refractivity contribution is 6.11. The standard InChI is InChI=1S/2C10H10O4.C6H6O3.C4H4O.2CH4/c1-6-8(12-2)9(14-10(6)11)7-4-3-5-13-7;1-6-8(11)10(12,9(6)13-2)7-4-3-5-14-7;1-3-4(7)5(8)6(3)9-2;1-2-4-5-3-1;;/h3-5,9H,1-2H3;3-5,12H,1-2H3;1-2H3;1-4H;2*1H4. The first-order valence-electron chi connectivity index (χ1n) is 12.4. The van der Waals surface area contributed by atoms with Crippen molar-refractivity contribution in [3.63, 3.8) is 0 Å². The summed E-state index contributed by atoms with van der Waals surface area (Å²) in [5.41, 5.74) is -1.27. The number of cyclic esters (lactones) is 1. The molecule has 4 aromatic rings. The van der Waals surface area contributed by atoms with Gasteiger partial charge in [0.2, 0.25) is 22.9 Å². The number of aliphatic hydroxyl groups is 1. The van der Waals surface area contributed by atoms with Crippen LogP contribution in [0.25, 0.3) is 0 Å². The maximum Gasteiger partial charge on any atom is 0.338 e. The fraction of sp³-hybridized carbons (Fsp3) is 0.312. The summed E-state index contributed by atoms with van der Waals surface area (Å²) in [6.45, 7) is 4.85. The minimum absolute atomic E-state index is 0. The number of carbonyl (C=O) groups is 2. The second-order valence-corrected chi connectivity index (χ2v) is 8.78. The zero-order chi connectivity index (χ0) is 31.0. The topological polar surface area (TPSA) is 165 Å². The molecule has 0 amide bonds. The van der Waals surface area contributed by atoms with Crippen LogP contribution >= 0.6 is 0 Å². The third-order valence-electron chi connectivity index (χ3n) is 6.30. The minimum Gasteiger partial charge on any atom is -0.497 e. The summed E-state index contributed by atoms with van der Waals surface area (Å²) in [5.74, 6) is 1.03. The van der Waals surface area contributed by atoms with Crippen LogP contribution in [0, 0.1) is 6.92 Å². The molecule has 0 bridgehead atoms. The van der Waals surface area contributed by atoms with E-state index >= 15 is 0 Å². The molecule has 44 heavy (non-hydrogen) atoms. The highest BCUT2D eigenvalue weighted by atomic mass is 16.6. The predicted molar refractivity (Wildman–Crippen MR) is 159 cm³/mol. The van der Waals surface area contributed by atoms with Gasteiger partial charge in [-0.05, 0) is 57.2 Å². The Morgan fingerprint density at radius 3 is 1.77 bits per heavy atom. The van der Waals surface area contributed by atoms with Crippen LogP contribution in [0.3, 0.4) is 0 Å². The Morgan fingerprint density at radius 2 is 1.36 bits per heavy atom. The van der Waals surface area contributed by atoms with Gasteiger partial charge in [0.1, 0.15) is 5.76 Å². The molecule has 1 N–H and O–H groups in total. The molecule has 2 atom stereocenters. The van der Waals surface area contributed by atoms with Crippen molar-refractivity contribution in [2.24, 2.45) is 0 Å². The van der Waals surface area contributed by atoms with Crippen molar-refractivity contribution in [3.05, 3.63) is 122 Å². The van der Waals surface area contributed by atoms with Gasteiger partial charge in [0.15, 0.2) is 23.0 Å². The number of hydrogen-bond donors (Lipinski definition) is 1. The molecule has 0 fully saturated rings. The van der Waals surface area contributed by atoms with Crippen LogP contribution in [-0.2, 0) is 29.4 Å². The molecule has 12 nitrogen and oxygen atoms in total. The third kappa shape index (κ3) is 7.09. The highest BCUT2D eigenvalue weighted by Gasteiger charge is 2.56. The van der Waals surface area contributed by atoms with E-state index in [1.165, 1.54) is 33.9 Å². The largest absolute Gasteiger partial charge is 0.497 e. The number of rotatable bonds is 5. The number of Topliss-reactive ketones (excluding diaryl/α,β-unsaturated/α-hetero) is 1. The van der Waals surface area contributed by atoms with Gasteiger partial charge in [0.25, 0.3) is 5.43 Å². The van der Waals surface area contributed by atoms with Crippen molar-refractivity contribution in [1.29, 1.82) is 0 Å². The van der Waals surface area contributed by atoms with Crippen molar-refractivity contribution in [2.45, 2.75) is 47.3 Å². The summed E-state index contributed by atoms with van der Waals surface area (Å²) < 4.78 is 34.5. The number of ketones is 1. The maximum absolute atomic E-state index is 11.5. The maximum atomic E-state index is 11.5. The van der Waals surface area contributed by atoms with Crippen LogP contribution < -0.4 is 15.6 Å². The summed E-state index contributed by atoms with van der Waals surface area (Å²) in [4.78, 5) is 43.7. The molecule has 4 heterocycles. The van der Waals surface area contributed by atoms with Gasteiger partial charge < -0.3 is 37.3 Å². The van der Waals surface area contributed by atoms with Crippen molar-refractivity contribution < 1.29 is 46.9 Å². The van der Waals surface area contributed by atoms with Gasteiger partial charge in [0.05, 0.1) is 52.0 Å². The van der Waals surface area contributed by atoms with Crippen molar-refractivity contribution >= 4 is 11.8 Å². The molecule has 0 saturated heterocycles. The molecule has 3 aromatic heterocycles. The summed E-state index contributed by atoms with van der Waals surface area (Å²) in [5, 5.41) is 10.0. The van der Waals surface area contributed by atoms with Gasteiger partial charge in [-0.25, -0.2) is 4.79 Å². The molecule has 0 spiro atoms. The summed E-state index contributed by atoms with van der Waals surface area (Å²) >= 11 is 0. The van der Waals surface area contributed by atoms with E-state index in [0.717, 1.165) is 0 Å². The van der Waals surface area contributed by atoms with Crippen LogP contribution in [0.15, 0.2) is 107 Å². The number of hydrogen-bond acceptors (Lipinski definition) is 12. The number of furan rings is 3. The average Bonchev–Trinajstić information content (AvgIpc) is 3.84. The fourth-order valence-corrected chi connectivity index (χ4v) is 4.09. The molecule has 0 saturated carbocycles. The Kier molecular flexibility index (Phi) is 13.4. The summed E-state index contributed by atoms with van der Waals surface area (Å²) in [6.07, 6.45) is 5.66. The van der Waals surface area contributed by atoms with Crippen molar-refractivity contribution in [3.8, 4) is 5.75 Å². The molecule has 6 rings (SSSR count). The van der Waals surface area contributed by atoms with E-state index in [1.54, 1.807) is 57.6 Å². The zero-order valence-electron chi connectivity index (χ0n) is 23.8. The van der Waals surface area contributed by atoms with E-state index in [4.69, 9.17) is 23.0 Å². The molecule has 2 aliphatic rings. The molecule has 1 aliphatic carbocycles. The Bertz CT molecular complexity index is 1590. The third-order valence-corrected chi connectivity index (χ3v) is 6.30. The lowest BCUT2D eigenvalue weighted by Crippen LogP contribution is -2.48. The molecule has 1 aliphatic heterocycles. The number of methoxy groups -OCH3 is 3. The van der Waals surface area contributed by atoms with Crippen LogP contribution in [0.1, 0.15) is 51.9 Å². The minimum atomic E-state index is -1.71. The Balaban J connectivity index is 0.000000305. The van der Waals surface area contributed by atoms with Crippen molar-refractivity contribution in [2.75, 3.05) is 21.3 Å². The van der Waals surface area contributed by atoms with Gasteiger partial charge in [0, 0.05) is 11.1 Å². The Morgan fingerprint density at radius 1 is 0.750 bits per heavy atom. The van der Waals surface area contributed by atoms with E-state index in [-0.39, 0.29) is 43.9 Å². The molecular weight excluding hydrogens is 576 g/mol. The Labute approximate surface area is 254 Å². The quantitative estimate of drug-likeness (QED) is 0.239. The van der Waals surface area contributed by atoms with Crippen LogP contribution in [0.5, 0.6) is 5.75 Å². The number of esters is 1.